The molecule has 0 saturated carbocycles. The van der Waals surface area contributed by atoms with E-state index in [0.717, 1.165) is 5.56 Å². The standard InChI is InChI=1S/C15H19NO5/c1-10(21-9-11-5-3-2-4-6-11)14(18)16-8-12(17)7-13(16)15(19)20/h2-6,10,12-13,17H,7-9H2,1H3,(H,19,20)/t10?,12?,13-/m0/s1. The quantitative estimate of drug-likeness (QED) is 0.832. The van der Waals surface area contributed by atoms with Crippen LogP contribution in [0.1, 0.15) is 18.9 Å². The molecular formula is C15H19NO5. The van der Waals surface area contributed by atoms with Gasteiger partial charge in [-0.2, -0.15) is 0 Å². The predicted octanol–water partition coefficient (Wildman–Crippen LogP) is 0.638. The molecule has 1 fully saturated rings. The van der Waals surface area contributed by atoms with Gasteiger partial charge in [-0.3, -0.25) is 4.79 Å². The number of benzene rings is 1. The molecule has 1 aromatic carbocycles. The van der Waals surface area contributed by atoms with Gasteiger partial charge in [-0.15, -0.1) is 0 Å². The van der Waals surface area contributed by atoms with Gasteiger partial charge in [-0.05, 0) is 12.5 Å². The van der Waals surface area contributed by atoms with Crippen LogP contribution >= 0.6 is 0 Å². The molecule has 1 saturated heterocycles. The molecule has 3 atom stereocenters. The summed E-state index contributed by atoms with van der Waals surface area (Å²) in [5.41, 5.74) is 0.938. The van der Waals surface area contributed by atoms with Crippen molar-refractivity contribution in [1.29, 1.82) is 0 Å². The third-order valence-corrected chi connectivity index (χ3v) is 3.54. The Hall–Kier alpha value is -1.92. The minimum atomic E-state index is -1.10. The molecule has 0 spiro atoms. The van der Waals surface area contributed by atoms with Gasteiger partial charge in [0.15, 0.2) is 0 Å². The first kappa shape index (κ1) is 15.5. The number of rotatable bonds is 5. The molecule has 1 heterocycles. The maximum atomic E-state index is 12.3. The van der Waals surface area contributed by atoms with E-state index < -0.39 is 30.1 Å². The summed E-state index contributed by atoms with van der Waals surface area (Å²) in [6.07, 6.45) is -1.49. The zero-order valence-corrected chi connectivity index (χ0v) is 11.8. The van der Waals surface area contributed by atoms with Crippen molar-refractivity contribution in [3.8, 4) is 0 Å². The number of carboxylic acid groups (broad SMARTS) is 1. The van der Waals surface area contributed by atoms with Crippen molar-refractivity contribution in [2.75, 3.05) is 6.54 Å². The number of amides is 1. The Morgan fingerprint density at radius 1 is 1.38 bits per heavy atom. The van der Waals surface area contributed by atoms with Gasteiger partial charge in [0.1, 0.15) is 12.1 Å². The van der Waals surface area contributed by atoms with Crippen LogP contribution in [0.2, 0.25) is 0 Å². The van der Waals surface area contributed by atoms with Gasteiger partial charge in [0, 0.05) is 13.0 Å². The highest BCUT2D eigenvalue weighted by molar-refractivity contribution is 5.86. The number of hydrogen-bond acceptors (Lipinski definition) is 4. The average molecular weight is 293 g/mol. The number of aliphatic hydroxyl groups excluding tert-OH is 1. The number of β-amino-alcohol motifs (C(OH)–C–C–N with tert-alkyl or cyclic N) is 1. The lowest BCUT2D eigenvalue weighted by Gasteiger charge is -2.24. The number of aliphatic hydroxyl groups is 1. The average Bonchev–Trinajstić information content (AvgIpc) is 2.87. The van der Waals surface area contributed by atoms with Crippen LogP contribution in [0.5, 0.6) is 0 Å². The van der Waals surface area contributed by atoms with Crippen LogP contribution in [-0.4, -0.2) is 51.8 Å². The molecule has 1 aliphatic rings. The van der Waals surface area contributed by atoms with Gasteiger partial charge in [0.2, 0.25) is 0 Å². The number of carbonyl (C=O) groups is 2. The first-order chi connectivity index (χ1) is 9.99. The monoisotopic (exact) mass is 293 g/mol. The van der Waals surface area contributed by atoms with Crippen molar-refractivity contribution < 1.29 is 24.5 Å². The number of likely N-dealkylation sites (tertiary alicyclic amines) is 1. The van der Waals surface area contributed by atoms with E-state index in [1.807, 2.05) is 30.3 Å². The highest BCUT2D eigenvalue weighted by Gasteiger charge is 2.40. The van der Waals surface area contributed by atoms with E-state index in [2.05, 4.69) is 0 Å². The number of nitrogens with zero attached hydrogens (tertiary/aromatic N) is 1. The number of aliphatic carboxylic acids is 1. The van der Waals surface area contributed by atoms with E-state index in [4.69, 9.17) is 9.84 Å². The molecule has 2 rings (SSSR count). The Morgan fingerprint density at radius 2 is 2.05 bits per heavy atom. The number of carbonyl (C=O) groups excluding carboxylic acids is 1. The Labute approximate surface area is 122 Å². The molecule has 1 aliphatic heterocycles. The van der Waals surface area contributed by atoms with Crippen molar-refractivity contribution in [1.82, 2.24) is 4.90 Å². The topological polar surface area (TPSA) is 87.1 Å². The molecule has 2 unspecified atom stereocenters. The second kappa shape index (κ2) is 6.69. The third-order valence-electron chi connectivity index (χ3n) is 3.54. The summed E-state index contributed by atoms with van der Waals surface area (Å²) in [6.45, 7) is 1.91. The van der Waals surface area contributed by atoms with E-state index in [9.17, 15) is 14.7 Å². The summed E-state index contributed by atoms with van der Waals surface area (Å²) in [7, 11) is 0. The molecular weight excluding hydrogens is 274 g/mol. The Morgan fingerprint density at radius 3 is 2.67 bits per heavy atom. The normalized spacial score (nSPS) is 23.0. The summed E-state index contributed by atoms with van der Waals surface area (Å²) in [5.74, 6) is -1.51. The lowest BCUT2D eigenvalue weighted by Crippen LogP contribution is -2.45. The zero-order chi connectivity index (χ0) is 15.4. The first-order valence-electron chi connectivity index (χ1n) is 6.86. The van der Waals surface area contributed by atoms with Crippen LogP contribution in [0, 0.1) is 0 Å². The Kier molecular flexibility index (Phi) is 4.93. The van der Waals surface area contributed by atoms with Crippen LogP contribution in [0.25, 0.3) is 0 Å². The van der Waals surface area contributed by atoms with Crippen molar-refractivity contribution in [2.24, 2.45) is 0 Å². The molecule has 1 amide bonds. The lowest BCUT2D eigenvalue weighted by molar-refractivity contribution is -0.153. The summed E-state index contributed by atoms with van der Waals surface area (Å²) in [4.78, 5) is 24.6. The molecule has 6 heteroatoms. The van der Waals surface area contributed by atoms with E-state index in [0.29, 0.717) is 0 Å². The largest absolute Gasteiger partial charge is 0.480 e. The lowest BCUT2D eigenvalue weighted by atomic mass is 10.2. The fraction of sp³-hybridized carbons (Fsp3) is 0.467. The number of ether oxygens (including phenoxy) is 1. The third kappa shape index (κ3) is 3.80. The second-order valence-electron chi connectivity index (χ2n) is 5.17. The minimum Gasteiger partial charge on any atom is -0.480 e. The first-order valence-corrected chi connectivity index (χ1v) is 6.86. The Bertz CT molecular complexity index is 504. The van der Waals surface area contributed by atoms with Gasteiger partial charge in [0.05, 0.1) is 12.7 Å². The molecule has 6 nitrogen and oxygen atoms in total. The molecule has 1 aromatic rings. The molecule has 2 N–H and O–H groups in total. The predicted molar refractivity (Wildman–Crippen MR) is 74.5 cm³/mol. The summed E-state index contributed by atoms with van der Waals surface area (Å²) in [6, 6.07) is 8.44. The van der Waals surface area contributed by atoms with Gasteiger partial charge in [-0.25, -0.2) is 4.79 Å². The van der Waals surface area contributed by atoms with Crippen LogP contribution in [-0.2, 0) is 20.9 Å². The maximum Gasteiger partial charge on any atom is 0.326 e. The van der Waals surface area contributed by atoms with Gasteiger partial charge >= 0.3 is 5.97 Å². The van der Waals surface area contributed by atoms with E-state index >= 15 is 0 Å². The van der Waals surface area contributed by atoms with Crippen LogP contribution in [0.15, 0.2) is 30.3 Å². The number of hydrogen-bond donors (Lipinski definition) is 2. The summed E-state index contributed by atoms with van der Waals surface area (Å²) >= 11 is 0. The SMILES string of the molecule is CC(OCc1ccccc1)C(=O)N1CC(O)C[C@H]1C(=O)O. The fourth-order valence-corrected chi connectivity index (χ4v) is 2.39. The number of carboxylic acids is 1. The van der Waals surface area contributed by atoms with E-state index in [-0.39, 0.29) is 19.6 Å². The van der Waals surface area contributed by atoms with E-state index in [1.54, 1.807) is 6.92 Å². The minimum absolute atomic E-state index is 0.0365. The molecule has 0 aliphatic carbocycles. The van der Waals surface area contributed by atoms with Crippen molar-refractivity contribution in [3.63, 3.8) is 0 Å². The Balaban J connectivity index is 1.94. The van der Waals surface area contributed by atoms with Crippen molar-refractivity contribution in [3.05, 3.63) is 35.9 Å². The summed E-state index contributed by atoms with van der Waals surface area (Å²) < 4.78 is 5.50. The molecule has 21 heavy (non-hydrogen) atoms. The van der Waals surface area contributed by atoms with Crippen molar-refractivity contribution >= 4 is 11.9 Å². The maximum absolute atomic E-state index is 12.3. The highest BCUT2D eigenvalue weighted by Crippen LogP contribution is 2.20. The zero-order valence-electron chi connectivity index (χ0n) is 11.8. The highest BCUT2D eigenvalue weighted by atomic mass is 16.5. The van der Waals surface area contributed by atoms with Crippen molar-refractivity contribution in [2.45, 2.75) is 38.2 Å². The second-order valence-corrected chi connectivity index (χ2v) is 5.17. The van der Waals surface area contributed by atoms with Crippen LogP contribution in [0.3, 0.4) is 0 Å². The summed E-state index contributed by atoms with van der Waals surface area (Å²) in [5, 5.41) is 18.7. The van der Waals surface area contributed by atoms with E-state index in [1.165, 1.54) is 4.90 Å². The molecule has 0 aromatic heterocycles. The van der Waals surface area contributed by atoms with Gasteiger partial charge < -0.3 is 19.8 Å². The van der Waals surface area contributed by atoms with Gasteiger partial charge in [-0.1, -0.05) is 30.3 Å². The van der Waals surface area contributed by atoms with Gasteiger partial charge in [0.25, 0.3) is 5.91 Å². The van der Waals surface area contributed by atoms with Crippen LogP contribution < -0.4 is 0 Å². The smallest absolute Gasteiger partial charge is 0.326 e. The molecule has 114 valence electrons. The molecule has 0 radical (unpaired) electrons. The molecule has 0 bridgehead atoms. The van der Waals surface area contributed by atoms with Crippen LogP contribution in [0.4, 0.5) is 0 Å². The fourth-order valence-electron chi connectivity index (χ4n) is 2.39.